The van der Waals surface area contributed by atoms with Crippen molar-refractivity contribution in [3.05, 3.63) is 15.5 Å². The molecule has 15 heavy (non-hydrogen) atoms. The second kappa shape index (κ2) is 5.84. The summed E-state index contributed by atoms with van der Waals surface area (Å²) in [5, 5.41) is 4.36. The normalized spacial score (nSPS) is 11.7. The number of ether oxygens (including phenoxy) is 1. The highest BCUT2D eigenvalue weighted by Crippen LogP contribution is 2.15. The van der Waals surface area contributed by atoms with Crippen LogP contribution in [0.3, 0.4) is 0 Å². The van der Waals surface area contributed by atoms with E-state index in [0.717, 1.165) is 6.54 Å². The van der Waals surface area contributed by atoms with Gasteiger partial charge in [0.05, 0.1) is 28.2 Å². The summed E-state index contributed by atoms with van der Waals surface area (Å²) in [4.78, 5) is 0. The summed E-state index contributed by atoms with van der Waals surface area (Å²) in [5.41, 5.74) is 1.19. The van der Waals surface area contributed by atoms with Crippen molar-refractivity contribution in [1.82, 2.24) is 9.78 Å². The molecule has 0 spiro atoms. The molecule has 0 aliphatic carbocycles. The van der Waals surface area contributed by atoms with Gasteiger partial charge in [-0.15, -0.1) is 0 Å². The molecular formula is C11H19IN2O. The Balaban J connectivity index is 2.70. The molecule has 4 heteroatoms. The second-order valence-corrected chi connectivity index (χ2v) is 5.54. The van der Waals surface area contributed by atoms with Crippen LogP contribution in [0.25, 0.3) is 0 Å². The number of hydrogen-bond acceptors (Lipinski definition) is 2. The molecule has 0 N–H and O–H groups in total. The Morgan fingerprint density at radius 2 is 2.07 bits per heavy atom. The lowest BCUT2D eigenvalue weighted by Gasteiger charge is -2.12. The van der Waals surface area contributed by atoms with Gasteiger partial charge in [-0.2, -0.15) is 5.10 Å². The molecule has 1 aromatic rings. The van der Waals surface area contributed by atoms with E-state index in [2.05, 4.69) is 60.1 Å². The molecule has 1 heterocycles. The van der Waals surface area contributed by atoms with Crippen molar-refractivity contribution in [3.8, 4) is 0 Å². The first-order valence-electron chi connectivity index (χ1n) is 5.32. The molecule has 1 aromatic heterocycles. The van der Waals surface area contributed by atoms with E-state index in [9.17, 15) is 0 Å². The highest BCUT2D eigenvalue weighted by Gasteiger charge is 2.10. The lowest BCUT2D eigenvalue weighted by molar-refractivity contribution is 0.0603. The second-order valence-electron chi connectivity index (χ2n) is 4.37. The van der Waals surface area contributed by atoms with E-state index in [0.29, 0.717) is 12.5 Å². The van der Waals surface area contributed by atoms with Crippen molar-refractivity contribution in [2.24, 2.45) is 5.92 Å². The highest BCUT2D eigenvalue weighted by atomic mass is 127. The third-order valence-corrected chi connectivity index (χ3v) is 2.89. The lowest BCUT2D eigenvalue weighted by atomic mass is 10.2. The molecule has 0 atom stereocenters. The standard InChI is InChI=1S/C11H19IN2O/c1-8(2)6-14-11(7-15-9(3)4)10(12)5-13-14/h5,8-9H,6-7H2,1-4H3. The van der Waals surface area contributed by atoms with Gasteiger partial charge in [0.1, 0.15) is 0 Å². The van der Waals surface area contributed by atoms with Crippen LogP contribution in [-0.2, 0) is 17.9 Å². The van der Waals surface area contributed by atoms with Crippen LogP contribution < -0.4 is 0 Å². The van der Waals surface area contributed by atoms with Crippen molar-refractivity contribution in [1.29, 1.82) is 0 Å². The molecular weight excluding hydrogens is 303 g/mol. The van der Waals surface area contributed by atoms with Crippen LogP contribution >= 0.6 is 22.6 Å². The quantitative estimate of drug-likeness (QED) is 0.779. The Morgan fingerprint density at radius 3 is 2.60 bits per heavy atom. The zero-order valence-electron chi connectivity index (χ0n) is 9.83. The number of hydrogen-bond donors (Lipinski definition) is 0. The first-order valence-corrected chi connectivity index (χ1v) is 6.40. The fraction of sp³-hybridized carbons (Fsp3) is 0.727. The molecule has 86 valence electrons. The molecule has 0 saturated heterocycles. The van der Waals surface area contributed by atoms with Gasteiger partial charge in [0, 0.05) is 6.54 Å². The predicted octanol–water partition coefficient (Wildman–Crippen LogP) is 3.07. The largest absolute Gasteiger partial charge is 0.372 e. The van der Waals surface area contributed by atoms with Gasteiger partial charge in [-0.05, 0) is 42.4 Å². The molecule has 0 bridgehead atoms. The van der Waals surface area contributed by atoms with Crippen molar-refractivity contribution in [2.75, 3.05) is 0 Å². The summed E-state index contributed by atoms with van der Waals surface area (Å²) in [6.07, 6.45) is 2.17. The minimum atomic E-state index is 0.267. The highest BCUT2D eigenvalue weighted by molar-refractivity contribution is 14.1. The molecule has 1 rings (SSSR count). The fourth-order valence-corrected chi connectivity index (χ4v) is 1.84. The third kappa shape index (κ3) is 4.10. The average Bonchev–Trinajstić information content (AvgIpc) is 2.43. The van der Waals surface area contributed by atoms with E-state index in [1.807, 2.05) is 6.20 Å². The van der Waals surface area contributed by atoms with Crippen LogP contribution in [0, 0.1) is 9.49 Å². The van der Waals surface area contributed by atoms with Gasteiger partial charge in [-0.25, -0.2) is 0 Å². The molecule has 0 radical (unpaired) electrons. The minimum absolute atomic E-state index is 0.267. The number of aromatic nitrogens is 2. The number of nitrogens with zero attached hydrogens (tertiary/aromatic N) is 2. The Bertz CT molecular complexity index is 308. The molecule has 0 amide bonds. The van der Waals surface area contributed by atoms with Gasteiger partial charge in [0.2, 0.25) is 0 Å². The predicted molar refractivity (Wildman–Crippen MR) is 69.7 cm³/mol. The van der Waals surface area contributed by atoms with Gasteiger partial charge >= 0.3 is 0 Å². The maximum absolute atomic E-state index is 5.62. The van der Waals surface area contributed by atoms with Crippen LogP contribution in [0.15, 0.2) is 6.20 Å². The van der Waals surface area contributed by atoms with Gasteiger partial charge in [-0.3, -0.25) is 4.68 Å². The lowest BCUT2D eigenvalue weighted by Crippen LogP contribution is -2.13. The maximum atomic E-state index is 5.62. The van der Waals surface area contributed by atoms with Crippen molar-refractivity contribution < 1.29 is 4.74 Å². The Hall–Kier alpha value is -0.100. The van der Waals surface area contributed by atoms with Crippen molar-refractivity contribution in [2.45, 2.75) is 47.0 Å². The monoisotopic (exact) mass is 322 g/mol. The minimum Gasteiger partial charge on any atom is -0.372 e. The van der Waals surface area contributed by atoms with E-state index in [4.69, 9.17) is 4.74 Å². The molecule has 0 saturated carbocycles. The SMILES string of the molecule is CC(C)Cn1ncc(I)c1COC(C)C. The molecule has 0 aromatic carbocycles. The van der Waals surface area contributed by atoms with Crippen LogP contribution in [0.2, 0.25) is 0 Å². The summed E-state index contributed by atoms with van der Waals surface area (Å²) in [7, 11) is 0. The number of rotatable bonds is 5. The molecule has 3 nitrogen and oxygen atoms in total. The van der Waals surface area contributed by atoms with E-state index in [-0.39, 0.29) is 6.10 Å². The summed E-state index contributed by atoms with van der Waals surface area (Å²) in [6, 6.07) is 0. The summed E-state index contributed by atoms with van der Waals surface area (Å²) in [5.74, 6) is 0.610. The van der Waals surface area contributed by atoms with Crippen LogP contribution in [0.4, 0.5) is 0 Å². The van der Waals surface area contributed by atoms with E-state index in [1.165, 1.54) is 9.26 Å². The van der Waals surface area contributed by atoms with Crippen molar-refractivity contribution >= 4 is 22.6 Å². The first-order chi connectivity index (χ1) is 7.00. The Morgan fingerprint density at radius 1 is 1.40 bits per heavy atom. The fourth-order valence-electron chi connectivity index (χ4n) is 1.28. The summed E-state index contributed by atoms with van der Waals surface area (Å²) >= 11 is 2.31. The van der Waals surface area contributed by atoms with E-state index < -0.39 is 0 Å². The molecule has 0 unspecified atom stereocenters. The zero-order chi connectivity index (χ0) is 11.4. The van der Waals surface area contributed by atoms with Crippen LogP contribution in [0.5, 0.6) is 0 Å². The Labute approximate surface area is 105 Å². The van der Waals surface area contributed by atoms with Crippen LogP contribution in [0.1, 0.15) is 33.4 Å². The molecule has 0 fully saturated rings. The topological polar surface area (TPSA) is 27.1 Å². The molecule has 0 aliphatic heterocycles. The van der Waals surface area contributed by atoms with Gasteiger partial charge in [-0.1, -0.05) is 13.8 Å². The summed E-state index contributed by atoms with van der Waals surface area (Å²) in [6.45, 7) is 10.1. The molecule has 0 aliphatic rings. The summed E-state index contributed by atoms with van der Waals surface area (Å²) < 4.78 is 8.86. The third-order valence-electron chi connectivity index (χ3n) is 1.99. The average molecular weight is 322 g/mol. The number of halogens is 1. The van der Waals surface area contributed by atoms with Crippen molar-refractivity contribution in [3.63, 3.8) is 0 Å². The van der Waals surface area contributed by atoms with Gasteiger partial charge in [0.15, 0.2) is 0 Å². The first kappa shape index (κ1) is 13.0. The van der Waals surface area contributed by atoms with E-state index >= 15 is 0 Å². The smallest absolute Gasteiger partial charge is 0.0899 e. The van der Waals surface area contributed by atoms with Crippen LogP contribution in [-0.4, -0.2) is 15.9 Å². The maximum Gasteiger partial charge on any atom is 0.0899 e. The zero-order valence-corrected chi connectivity index (χ0v) is 12.0. The Kier molecular flexibility index (Phi) is 5.05. The van der Waals surface area contributed by atoms with E-state index in [1.54, 1.807) is 0 Å². The van der Waals surface area contributed by atoms with Gasteiger partial charge < -0.3 is 4.74 Å². The van der Waals surface area contributed by atoms with Gasteiger partial charge in [0.25, 0.3) is 0 Å².